The van der Waals surface area contributed by atoms with Crippen molar-refractivity contribution in [2.45, 2.75) is 0 Å². The van der Waals surface area contributed by atoms with E-state index in [0.29, 0.717) is 5.02 Å². The van der Waals surface area contributed by atoms with Gasteiger partial charge >= 0.3 is 0 Å². The van der Waals surface area contributed by atoms with Gasteiger partial charge in [0.05, 0.1) is 12.2 Å². The topological polar surface area (TPSA) is 32.3 Å². The number of halogens is 2. The first kappa shape index (κ1) is 12.3. The molecule has 1 amide bonds. The largest absolute Gasteiger partial charge is 0.375 e. The molecule has 0 aliphatic carbocycles. The maximum Gasteiger partial charge on any atom is 0.241 e. The van der Waals surface area contributed by atoms with Crippen LogP contribution in [-0.2, 0) is 4.79 Å². The summed E-state index contributed by atoms with van der Waals surface area (Å²) < 4.78 is 0.887. The number of nitrogens with one attached hydrogen (secondary N) is 1. The number of hydrogen-bond donors (Lipinski definition) is 1. The first-order valence-electron chi connectivity index (χ1n) is 4.40. The second-order valence-corrected chi connectivity index (χ2v) is 4.56. The van der Waals surface area contributed by atoms with Crippen molar-refractivity contribution < 1.29 is 4.79 Å². The Balaban J connectivity index is 2.65. The van der Waals surface area contributed by atoms with Crippen LogP contribution >= 0.6 is 27.5 Å². The Bertz CT molecular complexity index is 368. The van der Waals surface area contributed by atoms with Crippen LogP contribution in [0.4, 0.5) is 5.69 Å². The summed E-state index contributed by atoms with van der Waals surface area (Å²) in [7, 11) is 3.44. The second kappa shape index (κ2) is 5.37. The number of benzene rings is 1. The standard InChI is InChI=1S/C10H12BrClN2O/c1-14(2)10(15)6-13-9-5-7(12)3-4-8(9)11/h3-5,13H,6H2,1-2H3. The lowest BCUT2D eigenvalue weighted by Gasteiger charge is -2.12. The number of rotatable bonds is 3. The quantitative estimate of drug-likeness (QED) is 0.928. The fraction of sp³-hybridized carbons (Fsp3) is 0.300. The molecule has 5 heteroatoms. The van der Waals surface area contributed by atoms with E-state index in [-0.39, 0.29) is 12.5 Å². The van der Waals surface area contributed by atoms with E-state index >= 15 is 0 Å². The van der Waals surface area contributed by atoms with Gasteiger partial charge in [0.15, 0.2) is 0 Å². The molecule has 0 saturated carbocycles. The number of carbonyl (C=O) groups excluding carboxylic acids is 1. The van der Waals surface area contributed by atoms with Crippen molar-refractivity contribution in [2.24, 2.45) is 0 Å². The van der Waals surface area contributed by atoms with Crippen molar-refractivity contribution in [3.8, 4) is 0 Å². The molecule has 0 atom stereocenters. The van der Waals surface area contributed by atoms with E-state index < -0.39 is 0 Å². The maximum atomic E-state index is 11.3. The summed E-state index contributed by atoms with van der Waals surface area (Å²) >= 11 is 9.21. The van der Waals surface area contributed by atoms with Gasteiger partial charge in [-0.15, -0.1) is 0 Å². The molecule has 0 radical (unpaired) electrons. The van der Waals surface area contributed by atoms with Gasteiger partial charge in [0, 0.05) is 23.6 Å². The van der Waals surface area contributed by atoms with Crippen LogP contribution in [0.15, 0.2) is 22.7 Å². The van der Waals surface area contributed by atoms with E-state index in [4.69, 9.17) is 11.6 Å². The summed E-state index contributed by atoms with van der Waals surface area (Å²) in [4.78, 5) is 12.9. The molecule has 0 bridgehead atoms. The van der Waals surface area contributed by atoms with E-state index in [1.165, 1.54) is 4.90 Å². The Morgan fingerprint density at radius 2 is 2.20 bits per heavy atom. The minimum atomic E-state index is 0.0156. The Kier molecular flexibility index (Phi) is 4.42. The minimum Gasteiger partial charge on any atom is -0.375 e. The van der Waals surface area contributed by atoms with Crippen LogP contribution in [0.3, 0.4) is 0 Å². The lowest BCUT2D eigenvalue weighted by Crippen LogP contribution is -2.28. The molecule has 15 heavy (non-hydrogen) atoms. The van der Waals surface area contributed by atoms with Crippen LogP contribution in [0.5, 0.6) is 0 Å². The summed E-state index contributed by atoms with van der Waals surface area (Å²) in [6.07, 6.45) is 0. The zero-order chi connectivity index (χ0) is 11.4. The van der Waals surface area contributed by atoms with Crippen LogP contribution in [0.1, 0.15) is 0 Å². The third kappa shape index (κ3) is 3.72. The number of carbonyl (C=O) groups is 1. The van der Waals surface area contributed by atoms with Crippen LogP contribution in [0.2, 0.25) is 5.02 Å². The second-order valence-electron chi connectivity index (χ2n) is 3.27. The Hall–Kier alpha value is -0.740. The van der Waals surface area contributed by atoms with Gasteiger partial charge in [0.1, 0.15) is 0 Å². The molecule has 0 heterocycles. The van der Waals surface area contributed by atoms with E-state index in [1.54, 1.807) is 26.2 Å². The highest BCUT2D eigenvalue weighted by molar-refractivity contribution is 9.10. The molecule has 0 aliphatic rings. The molecule has 3 nitrogen and oxygen atoms in total. The maximum absolute atomic E-state index is 11.3. The highest BCUT2D eigenvalue weighted by Crippen LogP contribution is 2.25. The number of amides is 1. The van der Waals surface area contributed by atoms with Gasteiger partial charge < -0.3 is 10.2 Å². The van der Waals surface area contributed by atoms with Crippen LogP contribution in [0, 0.1) is 0 Å². The van der Waals surface area contributed by atoms with Crippen molar-refractivity contribution in [1.82, 2.24) is 4.90 Å². The summed E-state index contributed by atoms with van der Waals surface area (Å²) in [6, 6.07) is 5.39. The third-order valence-corrected chi connectivity index (χ3v) is 2.78. The molecule has 0 fully saturated rings. The average Bonchev–Trinajstić information content (AvgIpc) is 2.18. The summed E-state index contributed by atoms with van der Waals surface area (Å²) in [6.45, 7) is 0.256. The van der Waals surface area contributed by atoms with E-state index in [9.17, 15) is 4.79 Å². The Morgan fingerprint density at radius 3 is 2.80 bits per heavy atom. The normalized spacial score (nSPS) is 9.87. The highest BCUT2D eigenvalue weighted by atomic mass is 79.9. The van der Waals surface area contributed by atoms with Crippen molar-refractivity contribution in [1.29, 1.82) is 0 Å². The van der Waals surface area contributed by atoms with Crippen molar-refractivity contribution >= 4 is 39.1 Å². The van der Waals surface area contributed by atoms with Gasteiger partial charge in [-0.25, -0.2) is 0 Å². The monoisotopic (exact) mass is 290 g/mol. The Morgan fingerprint density at radius 1 is 1.53 bits per heavy atom. The van der Waals surface area contributed by atoms with Crippen molar-refractivity contribution in [2.75, 3.05) is 26.0 Å². The zero-order valence-electron chi connectivity index (χ0n) is 8.55. The van der Waals surface area contributed by atoms with Gasteiger partial charge in [-0.05, 0) is 34.1 Å². The fourth-order valence-corrected chi connectivity index (χ4v) is 1.52. The molecule has 0 spiro atoms. The smallest absolute Gasteiger partial charge is 0.241 e. The predicted octanol–water partition coefficient (Wildman–Crippen LogP) is 2.60. The molecule has 82 valence electrons. The van der Waals surface area contributed by atoms with Gasteiger partial charge in [-0.3, -0.25) is 4.79 Å². The molecular weight excluding hydrogens is 279 g/mol. The molecule has 1 N–H and O–H groups in total. The lowest BCUT2D eigenvalue weighted by molar-refractivity contribution is -0.126. The molecular formula is C10H12BrClN2O. The lowest BCUT2D eigenvalue weighted by atomic mass is 10.3. The van der Waals surface area contributed by atoms with Gasteiger partial charge in [0.2, 0.25) is 5.91 Å². The minimum absolute atomic E-state index is 0.0156. The number of anilines is 1. The number of nitrogens with zero attached hydrogens (tertiary/aromatic N) is 1. The molecule has 0 aromatic heterocycles. The summed E-state index contributed by atoms with van der Waals surface area (Å²) in [5.41, 5.74) is 0.817. The van der Waals surface area contributed by atoms with Crippen LogP contribution in [-0.4, -0.2) is 31.4 Å². The average molecular weight is 292 g/mol. The Labute approximate surface area is 103 Å². The molecule has 0 aliphatic heterocycles. The first-order valence-corrected chi connectivity index (χ1v) is 5.57. The van der Waals surface area contributed by atoms with E-state index in [0.717, 1.165) is 10.2 Å². The van der Waals surface area contributed by atoms with Gasteiger partial charge in [0.25, 0.3) is 0 Å². The fourth-order valence-electron chi connectivity index (χ4n) is 0.962. The van der Waals surface area contributed by atoms with Crippen LogP contribution in [0.25, 0.3) is 0 Å². The van der Waals surface area contributed by atoms with Crippen LogP contribution < -0.4 is 5.32 Å². The highest BCUT2D eigenvalue weighted by Gasteiger charge is 2.05. The number of likely N-dealkylation sites (N-methyl/N-ethyl adjacent to an activating group) is 1. The van der Waals surface area contributed by atoms with Crippen molar-refractivity contribution in [3.05, 3.63) is 27.7 Å². The van der Waals surface area contributed by atoms with E-state index in [1.807, 2.05) is 6.07 Å². The molecule has 1 aromatic carbocycles. The number of hydrogen-bond acceptors (Lipinski definition) is 2. The van der Waals surface area contributed by atoms with Gasteiger partial charge in [-0.1, -0.05) is 11.6 Å². The third-order valence-electron chi connectivity index (χ3n) is 1.86. The zero-order valence-corrected chi connectivity index (χ0v) is 10.9. The summed E-state index contributed by atoms with van der Waals surface area (Å²) in [5.74, 6) is 0.0156. The predicted molar refractivity (Wildman–Crippen MR) is 66.3 cm³/mol. The molecule has 0 unspecified atom stereocenters. The SMILES string of the molecule is CN(C)C(=O)CNc1cc(Cl)ccc1Br. The first-order chi connectivity index (χ1) is 7.00. The molecule has 1 aromatic rings. The molecule has 1 rings (SSSR count). The van der Waals surface area contributed by atoms with Gasteiger partial charge in [-0.2, -0.15) is 0 Å². The van der Waals surface area contributed by atoms with Crippen molar-refractivity contribution in [3.63, 3.8) is 0 Å². The molecule has 0 saturated heterocycles. The van der Waals surface area contributed by atoms with E-state index in [2.05, 4.69) is 21.2 Å². The summed E-state index contributed by atoms with van der Waals surface area (Å²) in [5, 5.41) is 3.65.